The molecule has 3 N–H and O–H groups in total. The van der Waals surface area contributed by atoms with Crippen molar-refractivity contribution in [2.75, 3.05) is 18.5 Å². The number of nitrogen functional groups attached to an aromatic ring is 1. The SMILES string of the molecule is CSc1nc(N)nc2c1CNCC2. The first-order chi connectivity index (χ1) is 6.31. The molecule has 0 unspecified atom stereocenters. The van der Waals surface area contributed by atoms with Crippen LogP contribution in [0.15, 0.2) is 5.03 Å². The second-order valence-corrected chi connectivity index (χ2v) is 3.74. The van der Waals surface area contributed by atoms with E-state index in [-0.39, 0.29) is 0 Å². The van der Waals surface area contributed by atoms with E-state index >= 15 is 0 Å². The summed E-state index contributed by atoms with van der Waals surface area (Å²) in [5.41, 5.74) is 7.93. The molecule has 1 aromatic heterocycles. The Kier molecular flexibility index (Phi) is 2.37. The predicted octanol–water partition coefficient (Wildman–Crippen LogP) is 0.426. The Labute approximate surface area is 81.3 Å². The second-order valence-electron chi connectivity index (χ2n) is 2.94. The molecular formula is C8H12N4S. The number of hydrogen-bond donors (Lipinski definition) is 2. The van der Waals surface area contributed by atoms with Crippen LogP contribution in [-0.4, -0.2) is 22.8 Å². The molecule has 0 atom stereocenters. The summed E-state index contributed by atoms with van der Waals surface area (Å²) in [6.07, 6.45) is 2.96. The van der Waals surface area contributed by atoms with Gasteiger partial charge in [-0.25, -0.2) is 9.97 Å². The van der Waals surface area contributed by atoms with Crippen LogP contribution >= 0.6 is 11.8 Å². The Morgan fingerprint density at radius 2 is 2.31 bits per heavy atom. The van der Waals surface area contributed by atoms with E-state index in [9.17, 15) is 0 Å². The molecule has 0 spiro atoms. The van der Waals surface area contributed by atoms with E-state index in [0.29, 0.717) is 5.95 Å². The van der Waals surface area contributed by atoms with Crippen molar-refractivity contribution in [2.45, 2.75) is 18.0 Å². The molecule has 1 aliphatic heterocycles. The lowest BCUT2D eigenvalue weighted by molar-refractivity contribution is 0.613. The third kappa shape index (κ3) is 1.62. The largest absolute Gasteiger partial charge is 0.368 e. The van der Waals surface area contributed by atoms with Crippen LogP contribution in [0.1, 0.15) is 11.3 Å². The van der Waals surface area contributed by atoms with Gasteiger partial charge in [-0.3, -0.25) is 0 Å². The van der Waals surface area contributed by atoms with Crippen molar-refractivity contribution in [2.24, 2.45) is 0 Å². The minimum atomic E-state index is 0.394. The third-order valence-corrected chi connectivity index (χ3v) is 2.83. The summed E-state index contributed by atoms with van der Waals surface area (Å²) in [7, 11) is 0. The number of anilines is 1. The fourth-order valence-corrected chi connectivity index (χ4v) is 2.12. The van der Waals surface area contributed by atoms with Crippen LogP contribution in [0.25, 0.3) is 0 Å². The molecule has 5 heteroatoms. The average molecular weight is 196 g/mol. The zero-order valence-electron chi connectivity index (χ0n) is 7.50. The molecule has 0 amide bonds. The van der Waals surface area contributed by atoms with Crippen molar-refractivity contribution in [1.82, 2.24) is 15.3 Å². The van der Waals surface area contributed by atoms with Gasteiger partial charge in [0.05, 0.1) is 5.69 Å². The Morgan fingerprint density at radius 1 is 1.46 bits per heavy atom. The topological polar surface area (TPSA) is 63.8 Å². The molecule has 2 heterocycles. The van der Waals surface area contributed by atoms with Crippen molar-refractivity contribution in [3.63, 3.8) is 0 Å². The number of rotatable bonds is 1. The minimum Gasteiger partial charge on any atom is -0.368 e. The molecule has 70 valence electrons. The van der Waals surface area contributed by atoms with E-state index in [1.807, 2.05) is 6.26 Å². The molecular weight excluding hydrogens is 184 g/mol. The Bertz CT molecular complexity index is 309. The molecule has 1 aliphatic rings. The zero-order valence-corrected chi connectivity index (χ0v) is 8.32. The van der Waals surface area contributed by atoms with Gasteiger partial charge in [0.15, 0.2) is 0 Å². The lowest BCUT2D eigenvalue weighted by Gasteiger charge is -2.18. The van der Waals surface area contributed by atoms with Crippen molar-refractivity contribution in [3.05, 3.63) is 11.3 Å². The summed E-state index contributed by atoms with van der Waals surface area (Å²) in [6.45, 7) is 1.85. The highest BCUT2D eigenvalue weighted by Crippen LogP contribution is 2.23. The average Bonchev–Trinajstić information content (AvgIpc) is 2.16. The minimum absolute atomic E-state index is 0.394. The zero-order chi connectivity index (χ0) is 9.26. The van der Waals surface area contributed by atoms with E-state index in [1.165, 1.54) is 5.56 Å². The van der Waals surface area contributed by atoms with Gasteiger partial charge < -0.3 is 11.1 Å². The first kappa shape index (κ1) is 8.77. The van der Waals surface area contributed by atoms with Crippen molar-refractivity contribution in [3.8, 4) is 0 Å². The Balaban J connectivity index is 2.50. The van der Waals surface area contributed by atoms with Gasteiger partial charge in [0.2, 0.25) is 5.95 Å². The molecule has 0 bridgehead atoms. The van der Waals surface area contributed by atoms with Gasteiger partial charge in [0.1, 0.15) is 5.03 Å². The summed E-state index contributed by atoms with van der Waals surface area (Å²) in [5, 5.41) is 4.31. The van der Waals surface area contributed by atoms with E-state index < -0.39 is 0 Å². The fourth-order valence-electron chi connectivity index (χ4n) is 1.50. The molecule has 1 aromatic rings. The van der Waals surface area contributed by atoms with Crippen LogP contribution in [0.4, 0.5) is 5.95 Å². The maximum Gasteiger partial charge on any atom is 0.221 e. The van der Waals surface area contributed by atoms with Gasteiger partial charge in [0.25, 0.3) is 0 Å². The van der Waals surface area contributed by atoms with Gasteiger partial charge in [0, 0.05) is 25.1 Å². The Hall–Kier alpha value is -0.810. The maximum absolute atomic E-state index is 5.60. The van der Waals surface area contributed by atoms with Crippen LogP contribution in [0, 0.1) is 0 Å². The van der Waals surface area contributed by atoms with Gasteiger partial charge in [-0.2, -0.15) is 0 Å². The summed E-state index contributed by atoms with van der Waals surface area (Å²) in [5.74, 6) is 0.394. The molecule has 0 fully saturated rings. The first-order valence-corrected chi connectivity index (χ1v) is 5.43. The number of nitrogens with one attached hydrogen (secondary N) is 1. The van der Waals surface area contributed by atoms with Gasteiger partial charge >= 0.3 is 0 Å². The summed E-state index contributed by atoms with van der Waals surface area (Å²) < 4.78 is 0. The van der Waals surface area contributed by atoms with Crippen LogP contribution in [-0.2, 0) is 13.0 Å². The monoisotopic (exact) mass is 196 g/mol. The number of aromatic nitrogens is 2. The Morgan fingerprint density at radius 3 is 3.08 bits per heavy atom. The van der Waals surface area contributed by atoms with Crippen LogP contribution in [0.2, 0.25) is 0 Å². The number of hydrogen-bond acceptors (Lipinski definition) is 5. The lowest BCUT2D eigenvalue weighted by Crippen LogP contribution is -2.26. The summed E-state index contributed by atoms with van der Waals surface area (Å²) >= 11 is 1.63. The van der Waals surface area contributed by atoms with E-state index in [0.717, 1.165) is 30.2 Å². The van der Waals surface area contributed by atoms with Crippen molar-refractivity contribution >= 4 is 17.7 Å². The number of thioether (sulfide) groups is 1. The van der Waals surface area contributed by atoms with Crippen LogP contribution in [0.3, 0.4) is 0 Å². The molecule has 0 aromatic carbocycles. The maximum atomic E-state index is 5.60. The molecule has 4 nitrogen and oxygen atoms in total. The molecule has 13 heavy (non-hydrogen) atoms. The van der Waals surface area contributed by atoms with Gasteiger partial charge in [-0.15, -0.1) is 11.8 Å². The van der Waals surface area contributed by atoms with E-state index in [2.05, 4.69) is 15.3 Å². The lowest BCUT2D eigenvalue weighted by atomic mass is 10.1. The van der Waals surface area contributed by atoms with Gasteiger partial charge in [-0.1, -0.05) is 0 Å². The molecule has 0 saturated heterocycles. The highest BCUT2D eigenvalue weighted by Gasteiger charge is 2.15. The molecule has 0 radical (unpaired) electrons. The van der Waals surface area contributed by atoms with E-state index in [4.69, 9.17) is 5.73 Å². The highest BCUT2D eigenvalue weighted by molar-refractivity contribution is 7.98. The second kappa shape index (κ2) is 3.51. The van der Waals surface area contributed by atoms with Crippen molar-refractivity contribution < 1.29 is 0 Å². The summed E-state index contributed by atoms with van der Waals surface area (Å²) in [6, 6.07) is 0. The third-order valence-electron chi connectivity index (χ3n) is 2.11. The van der Waals surface area contributed by atoms with Crippen LogP contribution in [0.5, 0.6) is 0 Å². The summed E-state index contributed by atoms with van der Waals surface area (Å²) in [4.78, 5) is 8.43. The normalized spacial score (nSPS) is 15.5. The predicted molar refractivity (Wildman–Crippen MR) is 53.6 cm³/mol. The number of fused-ring (bicyclic) bond motifs is 1. The molecule has 2 rings (SSSR count). The molecule has 0 aliphatic carbocycles. The quantitative estimate of drug-likeness (QED) is 0.503. The number of nitrogens with two attached hydrogens (primary N) is 1. The number of nitrogens with zero attached hydrogens (tertiary/aromatic N) is 2. The molecule has 0 saturated carbocycles. The first-order valence-electron chi connectivity index (χ1n) is 4.21. The van der Waals surface area contributed by atoms with E-state index in [1.54, 1.807) is 11.8 Å². The smallest absolute Gasteiger partial charge is 0.221 e. The standard InChI is InChI=1S/C8H12N4S/c1-13-7-5-4-10-3-2-6(5)11-8(9)12-7/h10H,2-4H2,1H3,(H2,9,11,12). The van der Waals surface area contributed by atoms with Crippen molar-refractivity contribution in [1.29, 1.82) is 0 Å². The van der Waals surface area contributed by atoms with Gasteiger partial charge in [-0.05, 0) is 6.26 Å². The van der Waals surface area contributed by atoms with Crippen LogP contribution < -0.4 is 11.1 Å². The highest BCUT2D eigenvalue weighted by atomic mass is 32.2. The fraction of sp³-hybridized carbons (Fsp3) is 0.500.